The Labute approximate surface area is 123 Å². The Kier molecular flexibility index (Phi) is 4.28. The first-order chi connectivity index (χ1) is 9.92. The van der Waals surface area contributed by atoms with Crippen molar-refractivity contribution in [3.05, 3.63) is 54.1 Å². The average Bonchev–Trinajstić information content (AvgIpc) is 2.48. The first kappa shape index (κ1) is 15.1. The number of benzene rings is 2. The van der Waals surface area contributed by atoms with Gasteiger partial charge in [0.05, 0.1) is 16.2 Å². The van der Waals surface area contributed by atoms with E-state index < -0.39 is 15.8 Å². The lowest BCUT2D eigenvalue weighted by molar-refractivity contribution is 0.0697. The summed E-state index contributed by atoms with van der Waals surface area (Å²) in [4.78, 5) is 11.2. The smallest absolute Gasteiger partial charge is 0.335 e. The van der Waals surface area contributed by atoms with Gasteiger partial charge < -0.3 is 10.4 Å². The van der Waals surface area contributed by atoms with Crippen LogP contribution in [0.4, 0.5) is 11.4 Å². The molecule has 0 saturated heterocycles. The summed E-state index contributed by atoms with van der Waals surface area (Å²) in [6, 6.07) is 12.8. The molecule has 5 nitrogen and oxygen atoms in total. The second-order valence-corrected chi connectivity index (χ2v) is 6.72. The highest BCUT2D eigenvalue weighted by molar-refractivity contribution is 7.91. The van der Waals surface area contributed by atoms with Crippen LogP contribution in [-0.2, 0) is 9.84 Å². The molecule has 2 rings (SSSR count). The monoisotopic (exact) mass is 305 g/mol. The number of rotatable bonds is 5. The van der Waals surface area contributed by atoms with Crippen LogP contribution in [0, 0.1) is 0 Å². The van der Waals surface area contributed by atoms with Gasteiger partial charge in [-0.3, -0.25) is 0 Å². The third kappa shape index (κ3) is 3.61. The fourth-order valence-corrected chi connectivity index (χ4v) is 2.69. The van der Waals surface area contributed by atoms with Gasteiger partial charge in [-0.25, -0.2) is 13.2 Å². The second-order valence-electron chi connectivity index (χ2n) is 4.44. The van der Waals surface area contributed by atoms with Gasteiger partial charge >= 0.3 is 5.97 Å². The minimum absolute atomic E-state index is 0.0560. The number of anilines is 2. The number of carboxylic acid groups (broad SMARTS) is 1. The van der Waals surface area contributed by atoms with E-state index in [1.807, 2.05) is 0 Å². The van der Waals surface area contributed by atoms with Crippen LogP contribution < -0.4 is 5.32 Å². The summed E-state index contributed by atoms with van der Waals surface area (Å²) in [5.74, 6) is -0.941. The molecular formula is C15H15NO4S. The molecule has 0 radical (unpaired) electrons. The van der Waals surface area contributed by atoms with Crippen molar-refractivity contribution in [2.45, 2.75) is 11.8 Å². The lowest BCUT2D eigenvalue weighted by Crippen LogP contribution is -2.03. The molecule has 21 heavy (non-hydrogen) atoms. The Morgan fingerprint density at radius 2 is 1.76 bits per heavy atom. The second kappa shape index (κ2) is 5.97. The van der Waals surface area contributed by atoms with E-state index in [9.17, 15) is 13.2 Å². The predicted molar refractivity (Wildman–Crippen MR) is 80.9 cm³/mol. The van der Waals surface area contributed by atoms with Gasteiger partial charge in [-0.05, 0) is 42.5 Å². The van der Waals surface area contributed by atoms with Crippen LogP contribution in [0.1, 0.15) is 17.3 Å². The van der Waals surface area contributed by atoms with Crippen molar-refractivity contribution in [3.63, 3.8) is 0 Å². The Morgan fingerprint density at radius 3 is 2.33 bits per heavy atom. The van der Waals surface area contributed by atoms with Gasteiger partial charge in [0.2, 0.25) is 0 Å². The molecule has 0 aliphatic heterocycles. The lowest BCUT2D eigenvalue weighted by atomic mass is 10.2. The van der Waals surface area contributed by atoms with Crippen LogP contribution in [0.15, 0.2) is 53.4 Å². The first-order valence-corrected chi connectivity index (χ1v) is 8.01. The number of carboxylic acids is 1. The molecule has 0 unspecified atom stereocenters. The van der Waals surface area contributed by atoms with E-state index in [-0.39, 0.29) is 16.2 Å². The number of carbonyl (C=O) groups is 1. The van der Waals surface area contributed by atoms with Crippen molar-refractivity contribution in [1.29, 1.82) is 0 Å². The molecule has 0 spiro atoms. The normalized spacial score (nSPS) is 11.1. The molecule has 2 N–H and O–H groups in total. The van der Waals surface area contributed by atoms with Gasteiger partial charge in [-0.15, -0.1) is 0 Å². The third-order valence-corrected chi connectivity index (χ3v) is 4.74. The minimum Gasteiger partial charge on any atom is -0.478 e. The molecular weight excluding hydrogens is 290 g/mol. The van der Waals surface area contributed by atoms with Crippen molar-refractivity contribution >= 4 is 27.2 Å². The van der Waals surface area contributed by atoms with E-state index in [1.54, 1.807) is 31.2 Å². The summed E-state index contributed by atoms with van der Waals surface area (Å²) in [5, 5.41) is 12.0. The van der Waals surface area contributed by atoms with Crippen LogP contribution in [0.2, 0.25) is 0 Å². The first-order valence-electron chi connectivity index (χ1n) is 6.35. The molecule has 2 aromatic rings. The quantitative estimate of drug-likeness (QED) is 0.887. The molecule has 0 aliphatic rings. The maximum Gasteiger partial charge on any atom is 0.335 e. The van der Waals surface area contributed by atoms with Crippen LogP contribution >= 0.6 is 0 Å². The van der Waals surface area contributed by atoms with Gasteiger partial charge in [0.25, 0.3) is 0 Å². The summed E-state index contributed by atoms with van der Waals surface area (Å²) in [6.45, 7) is 1.60. The van der Waals surface area contributed by atoms with Crippen molar-refractivity contribution < 1.29 is 18.3 Å². The summed E-state index contributed by atoms with van der Waals surface area (Å²) in [7, 11) is -3.21. The minimum atomic E-state index is -3.21. The maximum absolute atomic E-state index is 11.7. The van der Waals surface area contributed by atoms with Gasteiger partial charge in [0.15, 0.2) is 9.84 Å². The zero-order chi connectivity index (χ0) is 15.5. The van der Waals surface area contributed by atoms with E-state index in [2.05, 4.69) is 5.32 Å². The number of hydrogen-bond acceptors (Lipinski definition) is 4. The number of hydrogen-bond donors (Lipinski definition) is 2. The number of sulfone groups is 1. The molecule has 0 aromatic heterocycles. The van der Waals surface area contributed by atoms with Crippen LogP contribution in [-0.4, -0.2) is 25.2 Å². The molecule has 110 valence electrons. The highest BCUT2D eigenvalue weighted by Crippen LogP contribution is 2.20. The fourth-order valence-electron chi connectivity index (χ4n) is 1.81. The van der Waals surface area contributed by atoms with E-state index in [4.69, 9.17) is 5.11 Å². The highest BCUT2D eigenvalue weighted by atomic mass is 32.2. The summed E-state index contributed by atoms with van der Waals surface area (Å²) in [5.41, 5.74) is 1.50. The molecule has 0 fully saturated rings. The Hall–Kier alpha value is -2.34. The largest absolute Gasteiger partial charge is 0.478 e. The molecule has 2 aromatic carbocycles. The van der Waals surface area contributed by atoms with Gasteiger partial charge in [0.1, 0.15) is 0 Å². The summed E-state index contributed by atoms with van der Waals surface area (Å²) >= 11 is 0. The van der Waals surface area contributed by atoms with Crippen molar-refractivity contribution in [3.8, 4) is 0 Å². The maximum atomic E-state index is 11.7. The van der Waals surface area contributed by atoms with Crippen LogP contribution in [0.25, 0.3) is 0 Å². The summed E-state index contributed by atoms with van der Waals surface area (Å²) < 4.78 is 23.4. The van der Waals surface area contributed by atoms with Gasteiger partial charge in [0, 0.05) is 11.4 Å². The highest BCUT2D eigenvalue weighted by Gasteiger charge is 2.10. The van der Waals surface area contributed by atoms with E-state index in [0.717, 1.165) is 0 Å². The molecule has 6 heteroatoms. The zero-order valence-corrected chi connectivity index (χ0v) is 12.2. The Morgan fingerprint density at radius 1 is 1.10 bits per heavy atom. The average molecular weight is 305 g/mol. The Bertz CT molecular complexity index is 751. The number of nitrogens with one attached hydrogen (secondary N) is 1. The van der Waals surface area contributed by atoms with E-state index >= 15 is 0 Å². The Balaban J connectivity index is 2.21. The SMILES string of the molecule is CCS(=O)(=O)c1ccc(Nc2cccc(C(=O)O)c2)cc1. The molecule has 0 amide bonds. The number of aromatic carboxylic acids is 1. The van der Waals surface area contributed by atoms with Crippen molar-refractivity contribution in [2.75, 3.05) is 11.1 Å². The fraction of sp³-hybridized carbons (Fsp3) is 0.133. The van der Waals surface area contributed by atoms with Gasteiger partial charge in [-0.1, -0.05) is 13.0 Å². The van der Waals surface area contributed by atoms with Gasteiger partial charge in [-0.2, -0.15) is 0 Å². The molecule has 0 saturated carbocycles. The van der Waals surface area contributed by atoms with E-state index in [0.29, 0.717) is 11.4 Å². The standard InChI is InChI=1S/C15H15NO4S/c1-2-21(19,20)14-8-6-12(7-9-14)16-13-5-3-4-11(10-13)15(17)18/h3-10,16H,2H2,1H3,(H,17,18). The molecule has 0 bridgehead atoms. The van der Waals surface area contributed by atoms with E-state index in [1.165, 1.54) is 24.3 Å². The topological polar surface area (TPSA) is 83.5 Å². The summed E-state index contributed by atoms with van der Waals surface area (Å²) in [6.07, 6.45) is 0. The van der Waals surface area contributed by atoms with Crippen LogP contribution in [0.3, 0.4) is 0 Å². The molecule has 0 aliphatic carbocycles. The van der Waals surface area contributed by atoms with Crippen molar-refractivity contribution in [1.82, 2.24) is 0 Å². The van der Waals surface area contributed by atoms with Crippen molar-refractivity contribution in [2.24, 2.45) is 0 Å². The lowest BCUT2D eigenvalue weighted by Gasteiger charge is -2.08. The molecule has 0 atom stereocenters. The molecule has 0 heterocycles. The predicted octanol–water partition coefficient (Wildman–Crippen LogP) is 2.92. The third-order valence-electron chi connectivity index (χ3n) is 2.99. The zero-order valence-electron chi connectivity index (χ0n) is 11.4. The van der Waals surface area contributed by atoms with Crippen LogP contribution in [0.5, 0.6) is 0 Å².